The minimum atomic E-state index is -0.474. The lowest BCUT2D eigenvalue weighted by molar-refractivity contribution is -0.383. The molecule has 0 unspecified atom stereocenters. The summed E-state index contributed by atoms with van der Waals surface area (Å²) in [5.41, 5.74) is 9.93. The van der Waals surface area contributed by atoms with Crippen LogP contribution in [0, 0.1) is 45.6 Å². The highest BCUT2D eigenvalue weighted by Gasteiger charge is 2.26. The number of nitrogen functional groups attached to an aromatic ring is 1. The molecule has 0 fully saturated rings. The summed E-state index contributed by atoms with van der Waals surface area (Å²) in [6.07, 6.45) is 0. The van der Waals surface area contributed by atoms with E-state index in [4.69, 9.17) is 15.7 Å². The first kappa shape index (κ1) is 31.9. The van der Waals surface area contributed by atoms with Crippen molar-refractivity contribution in [3.63, 3.8) is 0 Å². The fourth-order valence-electron chi connectivity index (χ4n) is 8.73. The van der Waals surface area contributed by atoms with Gasteiger partial charge in [0.05, 0.1) is 21.6 Å². The summed E-state index contributed by atoms with van der Waals surface area (Å²) in [6.45, 7) is 7.92. The van der Waals surface area contributed by atoms with Gasteiger partial charge >= 0.3 is 0 Å². The molecule has 4 aromatic heterocycles. The molecule has 266 valence electrons. The summed E-state index contributed by atoms with van der Waals surface area (Å²) < 4.78 is 3.13. The number of nitrogens with zero attached hydrogens (tertiary/aromatic N) is 5. The smallest absolute Gasteiger partial charge is 0.298 e. The highest BCUT2D eigenvalue weighted by molar-refractivity contribution is 6.40. The average molecular weight is 729 g/mol. The van der Waals surface area contributed by atoms with E-state index in [1.807, 2.05) is 76.2 Å². The lowest BCUT2D eigenvalue weighted by Crippen LogP contribution is -2.14. The quantitative estimate of drug-likeness (QED) is 0.0446. The van der Waals surface area contributed by atoms with Gasteiger partial charge in [0.25, 0.3) is 16.8 Å². The average Bonchev–Trinajstić information content (AvgIpc) is 3.76. The SMILES string of the molecule is CC(C)C#Cc1cc(N)c2nc3c4ccc5c6ccc7c(=O)n8c9cc(C#CC(C)C)cc([N+](=O)[O-])c9nc8c8ccc(c9ccc(c(=O)n3c2c1)c4c59)c6c78. The van der Waals surface area contributed by atoms with Crippen LogP contribution in [0.3, 0.4) is 0 Å². The number of fused-ring (bicyclic) bond motifs is 10. The molecule has 0 bridgehead atoms. The third-order valence-electron chi connectivity index (χ3n) is 11.0. The summed E-state index contributed by atoms with van der Waals surface area (Å²) in [4.78, 5) is 50.6. The zero-order valence-corrected chi connectivity index (χ0v) is 30.5. The standard InChI is InChI=1S/C46H28N6O4/c1-21(2)5-7-23-17-33(47)41-34(18-23)50-43(48-41)29-13-9-25-28-12-16-32-40-30(14-10-26(38(28)40)27-11-15-31(45(50)53)39(29)37(25)27)44-49-42-35(51(44)46(32)54)19-24(8-6-22(3)4)20-36(42)52(55)56/h9-22H,47H2,1-4H3. The van der Waals surface area contributed by atoms with Crippen molar-refractivity contribution in [2.24, 2.45) is 11.8 Å². The number of pyridine rings is 2. The van der Waals surface area contributed by atoms with E-state index < -0.39 is 4.92 Å². The second kappa shape index (κ2) is 10.8. The molecule has 0 saturated carbocycles. The number of aromatic nitrogens is 4. The van der Waals surface area contributed by atoms with Crippen molar-refractivity contribution < 1.29 is 4.92 Å². The van der Waals surface area contributed by atoms with E-state index >= 15 is 0 Å². The van der Waals surface area contributed by atoms with Crippen LogP contribution in [-0.2, 0) is 0 Å². The van der Waals surface area contributed by atoms with Gasteiger partial charge in [-0.15, -0.1) is 0 Å². The first-order chi connectivity index (χ1) is 27.0. The van der Waals surface area contributed by atoms with Gasteiger partial charge in [0.1, 0.15) is 16.8 Å². The van der Waals surface area contributed by atoms with Crippen LogP contribution in [0.25, 0.3) is 98.0 Å². The van der Waals surface area contributed by atoms with Crippen LogP contribution < -0.4 is 16.9 Å². The Kier molecular flexibility index (Phi) is 6.14. The third-order valence-corrected chi connectivity index (χ3v) is 11.0. The molecule has 0 radical (unpaired) electrons. The topological polar surface area (TPSA) is 138 Å². The normalized spacial score (nSPS) is 12.3. The maximum Gasteiger partial charge on any atom is 0.298 e. The monoisotopic (exact) mass is 728 g/mol. The molecule has 0 atom stereocenters. The molecule has 0 spiro atoms. The molecule has 56 heavy (non-hydrogen) atoms. The Morgan fingerprint density at radius 1 is 0.589 bits per heavy atom. The second-order valence-corrected chi connectivity index (χ2v) is 15.2. The van der Waals surface area contributed by atoms with Crippen molar-refractivity contribution in [1.82, 2.24) is 18.8 Å². The summed E-state index contributed by atoms with van der Waals surface area (Å²) in [6, 6.07) is 22.5. The molecular weight excluding hydrogens is 701 g/mol. The molecule has 10 heteroatoms. The van der Waals surface area contributed by atoms with Crippen molar-refractivity contribution in [2.45, 2.75) is 27.7 Å². The maximum absolute atomic E-state index is 14.5. The van der Waals surface area contributed by atoms with Crippen LogP contribution >= 0.6 is 0 Å². The number of nitrogens with two attached hydrogens (primary N) is 1. The molecule has 10 nitrogen and oxygen atoms in total. The van der Waals surface area contributed by atoms with Crippen molar-refractivity contribution >= 4 is 109 Å². The molecule has 7 aromatic carbocycles. The van der Waals surface area contributed by atoms with Crippen LogP contribution in [0.1, 0.15) is 38.8 Å². The first-order valence-electron chi connectivity index (χ1n) is 18.4. The van der Waals surface area contributed by atoms with Gasteiger partial charge < -0.3 is 5.73 Å². The molecule has 2 N–H and O–H groups in total. The van der Waals surface area contributed by atoms with Gasteiger partial charge in [-0.05, 0) is 74.8 Å². The van der Waals surface area contributed by atoms with Crippen molar-refractivity contribution in [2.75, 3.05) is 5.73 Å². The number of nitro benzene ring substituents is 1. The highest BCUT2D eigenvalue weighted by atomic mass is 16.6. The van der Waals surface area contributed by atoms with E-state index in [-0.39, 0.29) is 34.2 Å². The zero-order valence-electron chi connectivity index (χ0n) is 30.5. The predicted molar refractivity (Wildman–Crippen MR) is 225 cm³/mol. The number of hydrogen-bond donors (Lipinski definition) is 1. The maximum atomic E-state index is 14.5. The molecule has 11 aromatic rings. The number of imidazole rings is 2. The third kappa shape index (κ3) is 4.02. The van der Waals surface area contributed by atoms with Gasteiger partial charge in [-0.2, -0.15) is 0 Å². The van der Waals surface area contributed by atoms with Crippen molar-refractivity contribution in [3.05, 3.63) is 115 Å². The molecule has 4 heterocycles. The Hall–Kier alpha value is -7.56. The Bertz CT molecular complexity index is 3850. The summed E-state index contributed by atoms with van der Waals surface area (Å²) in [7, 11) is 0. The molecule has 0 amide bonds. The van der Waals surface area contributed by atoms with Crippen LogP contribution in [0.5, 0.6) is 0 Å². The zero-order chi connectivity index (χ0) is 38.5. The Labute approximate surface area is 315 Å². The summed E-state index contributed by atoms with van der Waals surface area (Å²) in [5.74, 6) is 12.7. The number of hydrogen-bond acceptors (Lipinski definition) is 7. The fourth-order valence-corrected chi connectivity index (χ4v) is 8.73. The van der Waals surface area contributed by atoms with E-state index in [0.29, 0.717) is 55.3 Å². The molecule has 0 saturated heterocycles. The van der Waals surface area contributed by atoms with Gasteiger partial charge in [0, 0.05) is 61.3 Å². The summed E-state index contributed by atoms with van der Waals surface area (Å²) in [5, 5.41) is 21.9. The van der Waals surface area contributed by atoms with E-state index in [2.05, 4.69) is 29.7 Å². The van der Waals surface area contributed by atoms with Gasteiger partial charge in [0.15, 0.2) is 5.52 Å². The lowest BCUT2D eigenvalue weighted by atomic mass is 9.86. The highest BCUT2D eigenvalue weighted by Crippen LogP contribution is 2.46. The van der Waals surface area contributed by atoms with Crippen molar-refractivity contribution in [3.8, 4) is 23.7 Å². The number of rotatable bonds is 1. The Morgan fingerprint density at radius 2 is 0.982 bits per heavy atom. The Balaban J connectivity index is 1.25. The molecular formula is C46H28N6O4. The van der Waals surface area contributed by atoms with Crippen LogP contribution in [-0.4, -0.2) is 23.7 Å². The van der Waals surface area contributed by atoms with E-state index in [9.17, 15) is 19.7 Å². The van der Waals surface area contributed by atoms with Crippen LogP contribution in [0.2, 0.25) is 0 Å². The van der Waals surface area contributed by atoms with Gasteiger partial charge in [-0.1, -0.05) is 75.6 Å². The van der Waals surface area contributed by atoms with Gasteiger partial charge in [-0.3, -0.25) is 28.5 Å². The molecule has 11 rings (SSSR count). The summed E-state index contributed by atoms with van der Waals surface area (Å²) >= 11 is 0. The molecule has 0 aliphatic rings. The van der Waals surface area contributed by atoms with Gasteiger partial charge in [0.2, 0.25) is 0 Å². The lowest BCUT2D eigenvalue weighted by Gasteiger charge is -2.18. The molecule has 0 aliphatic carbocycles. The van der Waals surface area contributed by atoms with Crippen molar-refractivity contribution in [1.29, 1.82) is 0 Å². The largest absolute Gasteiger partial charge is 0.397 e. The number of benzene rings is 7. The number of non-ortho nitro benzene ring substituents is 1. The van der Waals surface area contributed by atoms with Crippen LogP contribution in [0.4, 0.5) is 11.4 Å². The minimum Gasteiger partial charge on any atom is -0.397 e. The van der Waals surface area contributed by atoms with E-state index in [1.165, 1.54) is 10.5 Å². The second-order valence-electron chi connectivity index (χ2n) is 15.2. The van der Waals surface area contributed by atoms with Gasteiger partial charge in [-0.25, -0.2) is 9.97 Å². The van der Waals surface area contributed by atoms with Crippen LogP contribution in [0.15, 0.2) is 82.4 Å². The number of nitro groups is 1. The first-order valence-corrected chi connectivity index (χ1v) is 18.4. The molecule has 0 aliphatic heterocycles. The Morgan fingerprint density at radius 3 is 1.45 bits per heavy atom. The number of anilines is 1. The van der Waals surface area contributed by atoms with E-state index in [0.717, 1.165) is 54.0 Å². The minimum absolute atomic E-state index is 0.0563. The fraction of sp³-hybridized carbons (Fsp3) is 0.130. The predicted octanol–water partition coefficient (Wildman–Crippen LogP) is 8.75. The van der Waals surface area contributed by atoms with E-state index in [1.54, 1.807) is 16.5 Å².